The fourth-order valence-electron chi connectivity index (χ4n) is 2.12. The maximum Gasteiger partial charge on any atom is 0.354 e. The molecule has 90 valence electrons. The molecule has 0 aliphatic rings. The van der Waals surface area contributed by atoms with Crippen LogP contribution in [-0.4, -0.2) is 23.2 Å². The van der Waals surface area contributed by atoms with Gasteiger partial charge in [-0.05, 0) is 25.0 Å². The summed E-state index contributed by atoms with van der Waals surface area (Å²) < 4.78 is 4.71. The first kappa shape index (κ1) is 11.7. The average Bonchev–Trinajstić information content (AvgIpc) is 2.73. The van der Waals surface area contributed by atoms with E-state index in [2.05, 4.69) is 4.98 Å². The second kappa shape index (κ2) is 4.22. The molecule has 2 aromatic rings. The van der Waals surface area contributed by atoms with Gasteiger partial charge in [-0.15, -0.1) is 0 Å². The summed E-state index contributed by atoms with van der Waals surface area (Å²) in [5.74, 6) is -0.455. The van der Waals surface area contributed by atoms with Crippen molar-refractivity contribution in [3.05, 3.63) is 34.5 Å². The van der Waals surface area contributed by atoms with Crippen molar-refractivity contribution in [2.75, 3.05) is 7.11 Å². The number of benzene rings is 1. The summed E-state index contributed by atoms with van der Waals surface area (Å²) in [5.41, 5.74) is 3.89. The van der Waals surface area contributed by atoms with E-state index in [9.17, 15) is 9.90 Å². The fourth-order valence-corrected chi connectivity index (χ4v) is 2.12. The lowest BCUT2D eigenvalue weighted by Gasteiger charge is -2.02. The van der Waals surface area contributed by atoms with Gasteiger partial charge in [-0.3, -0.25) is 0 Å². The Labute approximate surface area is 99.2 Å². The van der Waals surface area contributed by atoms with Crippen LogP contribution in [0.2, 0.25) is 0 Å². The van der Waals surface area contributed by atoms with Crippen molar-refractivity contribution in [1.29, 1.82) is 0 Å². The molecule has 0 radical (unpaired) electrons. The number of aromatic nitrogens is 1. The first-order chi connectivity index (χ1) is 8.10. The minimum absolute atomic E-state index is 0.186. The molecule has 1 aromatic heterocycles. The Morgan fingerprint density at radius 2 is 2.00 bits per heavy atom. The Kier molecular flexibility index (Phi) is 2.90. The normalized spacial score (nSPS) is 10.8. The van der Waals surface area contributed by atoms with E-state index in [0.29, 0.717) is 11.3 Å². The number of carbonyl (C=O) groups is 1. The molecule has 0 saturated heterocycles. The standard InChI is InChI=1S/C13H15NO3/c1-7-4-5-8(2)11-10(7)9(6-15)12(14-11)13(16)17-3/h4-5,14-15H,6H2,1-3H3. The van der Waals surface area contributed by atoms with Gasteiger partial charge < -0.3 is 14.8 Å². The predicted octanol–water partition coefficient (Wildman–Crippen LogP) is 2.06. The first-order valence-corrected chi connectivity index (χ1v) is 5.40. The average molecular weight is 233 g/mol. The van der Waals surface area contributed by atoms with Crippen LogP contribution in [0.1, 0.15) is 27.2 Å². The van der Waals surface area contributed by atoms with Crippen molar-refractivity contribution >= 4 is 16.9 Å². The number of rotatable bonds is 2. The molecule has 0 spiro atoms. The van der Waals surface area contributed by atoms with Crippen LogP contribution in [0.5, 0.6) is 0 Å². The summed E-state index contributed by atoms with van der Waals surface area (Å²) in [4.78, 5) is 14.7. The topological polar surface area (TPSA) is 62.3 Å². The van der Waals surface area contributed by atoms with E-state index in [1.54, 1.807) is 0 Å². The van der Waals surface area contributed by atoms with Crippen molar-refractivity contribution in [3.63, 3.8) is 0 Å². The molecule has 2 N–H and O–H groups in total. The molecule has 0 atom stereocenters. The van der Waals surface area contributed by atoms with Crippen LogP contribution < -0.4 is 0 Å². The number of hydrogen-bond acceptors (Lipinski definition) is 3. The van der Waals surface area contributed by atoms with Gasteiger partial charge in [-0.1, -0.05) is 12.1 Å². The minimum atomic E-state index is -0.455. The molecule has 1 aromatic carbocycles. The smallest absolute Gasteiger partial charge is 0.354 e. The number of nitrogens with one attached hydrogen (secondary N) is 1. The molecule has 1 heterocycles. The molecule has 2 rings (SSSR count). The third kappa shape index (κ3) is 1.70. The second-order valence-electron chi connectivity index (χ2n) is 4.08. The van der Waals surface area contributed by atoms with E-state index in [4.69, 9.17) is 4.74 Å². The third-order valence-corrected chi connectivity index (χ3v) is 3.02. The number of aromatic amines is 1. The van der Waals surface area contributed by atoms with Gasteiger partial charge in [0.1, 0.15) is 5.69 Å². The van der Waals surface area contributed by atoms with E-state index in [1.165, 1.54) is 7.11 Å². The zero-order valence-corrected chi connectivity index (χ0v) is 10.1. The fraction of sp³-hybridized carbons (Fsp3) is 0.308. The van der Waals surface area contributed by atoms with Crippen LogP contribution in [0.15, 0.2) is 12.1 Å². The highest BCUT2D eigenvalue weighted by Gasteiger charge is 2.19. The number of ether oxygens (including phenoxy) is 1. The van der Waals surface area contributed by atoms with Crippen LogP contribution in [0, 0.1) is 13.8 Å². The summed E-state index contributed by atoms with van der Waals surface area (Å²) in [7, 11) is 1.33. The van der Waals surface area contributed by atoms with Gasteiger partial charge in [0, 0.05) is 16.5 Å². The van der Waals surface area contributed by atoms with Gasteiger partial charge in [-0.2, -0.15) is 0 Å². The van der Waals surface area contributed by atoms with Crippen molar-refractivity contribution < 1.29 is 14.6 Å². The molecule has 0 bridgehead atoms. The molecule has 0 aliphatic carbocycles. The number of carbonyl (C=O) groups excluding carboxylic acids is 1. The van der Waals surface area contributed by atoms with Gasteiger partial charge >= 0.3 is 5.97 Å². The molecular formula is C13H15NO3. The summed E-state index contributed by atoms with van der Waals surface area (Å²) in [6, 6.07) is 3.96. The largest absolute Gasteiger partial charge is 0.464 e. The lowest BCUT2D eigenvalue weighted by Crippen LogP contribution is -2.05. The van der Waals surface area contributed by atoms with Crippen molar-refractivity contribution in [1.82, 2.24) is 4.98 Å². The van der Waals surface area contributed by atoms with Crippen molar-refractivity contribution in [2.45, 2.75) is 20.5 Å². The number of aryl methyl sites for hydroxylation is 2. The van der Waals surface area contributed by atoms with E-state index >= 15 is 0 Å². The third-order valence-electron chi connectivity index (χ3n) is 3.02. The van der Waals surface area contributed by atoms with Crippen LogP contribution in [0.25, 0.3) is 10.9 Å². The lowest BCUT2D eigenvalue weighted by atomic mass is 10.0. The number of aliphatic hydroxyl groups is 1. The number of esters is 1. The maximum atomic E-state index is 11.6. The Morgan fingerprint density at radius 1 is 1.35 bits per heavy atom. The Balaban J connectivity index is 2.84. The van der Waals surface area contributed by atoms with Crippen LogP contribution in [0.3, 0.4) is 0 Å². The maximum absolute atomic E-state index is 11.6. The molecular weight excluding hydrogens is 218 g/mol. The van der Waals surface area contributed by atoms with Crippen LogP contribution >= 0.6 is 0 Å². The molecule has 0 fully saturated rings. The highest BCUT2D eigenvalue weighted by atomic mass is 16.5. The predicted molar refractivity (Wildman–Crippen MR) is 65.0 cm³/mol. The van der Waals surface area contributed by atoms with E-state index in [0.717, 1.165) is 22.0 Å². The molecule has 0 aliphatic heterocycles. The molecule has 0 saturated carbocycles. The van der Waals surface area contributed by atoms with Gasteiger partial charge in [0.25, 0.3) is 0 Å². The number of methoxy groups -OCH3 is 1. The highest BCUT2D eigenvalue weighted by molar-refractivity contribution is 6.00. The lowest BCUT2D eigenvalue weighted by molar-refractivity contribution is 0.0591. The van der Waals surface area contributed by atoms with Gasteiger partial charge in [0.2, 0.25) is 0 Å². The molecule has 0 unspecified atom stereocenters. The number of aliphatic hydroxyl groups excluding tert-OH is 1. The van der Waals surface area contributed by atoms with Gasteiger partial charge in [-0.25, -0.2) is 4.79 Å². The monoisotopic (exact) mass is 233 g/mol. The van der Waals surface area contributed by atoms with Crippen molar-refractivity contribution in [3.8, 4) is 0 Å². The summed E-state index contributed by atoms with van der Waals surface area (Å²) in [6.07, 6.45) is 0. The van der Waals surface area contributed by atoms with Gasteiger partial charge in [0.15, 0.2) is 0 Å². The zero-order valence-electron chi connectivity index (χ0n) is 10.1. The van der Waals surface area contributed by atoms with E-state index in [1.807, 2.05) is 26.0 Å². The Bertz CT molecular complexity index is 584. The molecule has 0 amide bonds. The zero-order chi connectivity index (χ0) is 12.6. The summed E-state index contributed by atoms with van der Waals surface area (Å²) in [5, 5.41) is 10.3. The van der Waals surface area contributed by atoms with E-state index < -0.39 is 5.97 Å². The quantitative estimate of drug-likeness (QED) is 0.780. The highest BCUT2D eigenvalue weighted by Crippen LogP contribution is 2.28. The Hall–Kier alpha value is -1.81. The molecule has 17 heavy (non-hydrogen) atoms. The number of H-pyrrole nitrogens is 1. The summed E-state index contributed by atoms with van der Waals surface area (Å²) in [6.45, 7) is 3.73. The van der Waals surface area contributed by atoms with Crippen LogP contribution in [-0.2, 0) is 11.3 Å². The SMILES string of the molecule is COC(=O)c1[nH]c2c(C)ccc(C)c2c1CO. The number of hydrogen-bond donors (Lipinski definition) is 2. The summed E-state index contributed by atoms with van der Waals surface area (Å²) >= 11 is 0. The molecule has 4 heteroatoms. The van der Waals surface area contributed by atoms with Crippen molar-refractivity contribution in [2.24, 2.45) is 0 Å². The van der Waals surface area contributed by atoms with E-state index in [-0.39, 0.29) is 6.61 Å². The Morgan fingerprint density at radius 3 is 2.59 bits per heavy atom. The first-order valence-electron chi connectivity index (χ1n) is 5.40. The molecule has 4 nitrogen and oxygen atoms in total. The minimum Gasteiger partial charge on any atom is -0.464 e. The number of fused-ring (bicyclic) bond motifs is 1. The van der Waals surface area contributed by atoms with Crippen LogP contribution in [0.4, 0.5) is 0 Å². The second-order valence-corrected chi connectivity index (χ2v) is 4.08. The van der Waals surface area contributed by atoms with Gasteiger partial charge in [0.05, 0.1) is 13.7 Å².